The molecule has 7 heteroatoms. The van der Waals surface area contributed by atoms with E-state index in [9.17, 15) is 0 Å². The predicted octanol–water partition coefficient (Wildman–Crippen LogP) is 1.29. The van der Waals surface area contributed by atoms with Gasteiger partial charge in [0.15, 0.2) is 0 Å². The van der Waals surface area contributed by atoms with E-state index in [4.69, 9.17) is 10.5 Å². The molecule has 7 nitrogen and oxygen atoms in total. The molecule has 2 aromatic rings. The molecule has 0 aromatic carbocycles. The number of piperidine rings is 1. The van der Waals surface area contributed by atoms with Crippen LogP contribution in [-0.4, -0.2) is 40.7 Å². The average molecular weight is 340 g/mol. The van der Waals surface area contributed by atoms with Crippen LogP contribution in [0, 0.1) is 0 Å². The molecule has 2 aliphatic heterocycles. The molecule has 0 amide bonds. The van der Waals surface area contributed by atoms with Gasteiger partial charge in [-0.2, -0.15) is 4.98 Å². The molecule has 1 saturated heterocycles. The Kier molecular flexibility index (Phi) is 4.76. The first kappa shape index (κ1) is 16.2. The third-order valence-corrected chi connectivity index (χ3v) is 4.82. The summed E-state index contributed by atoms with van der Waals surface area (Å²) in [6.45, 7) is 4.16. The van der Waals surface area contributed by atoms with Crippen LogP contribution in [0.2, 0.25) is 0 Å². The third kappa shape index (κ3) is 3.72. The molecule has 0 radical (unpaired) electrons. The van der Waals surface area contributed by atoms with E-state index in [2.05, 4.69) is 25.2 Å². The summed E-state index contributed by atoms with van der Waals surface area (Å²) >= 11 is 0. The number of anilines is 2. The lowest BCUT2D eigenvalue weighted by atomic mass is 10.0. The molecule has 1 fully saturated rings. The summed E-state index contributed by atoms with van der Waals surface area (Å²) in [5.74, 6) is 1.36. The molecular weight excluding hydrogens is 316 g/mol. The van der Waals surface area contributed by atoms with Gasteiger partial charge in [0.2, 0.25) is 5.95 Å². The number of pyridine rings is 1. The number of nitrogens with one attached hydrogen (secondary N) is 1. The lowest BCUT2D eigenvalue weighted by Gasteiger charge is -2.35. The van der Waals surface area contributed by atoms with Gasteiger partial charge in [-0.05, 0) is 37.4 Å². The Morgan fingerprint density at radius 3 is 3.20 bits per heavy atom. The maximum atomic E-state index is 6.13. The van der Waals surface area contributed by atoms with Crippen LogP contribution in [-0.2, 0) is 24.3 Å². The largest absolute Gasteiger partial charge is 0.372 e. The number of hydrogen-bond donors (Lipinski definition) is 2. The maximum Gasteiger partial charge on any atom is 0.222 e. The minimum absolute atomic E-state index is 0.197. The van der Waals surface area contributed by atoms with Crippen LogP contribution in [0.4, 0.5) is 11.8 Å². The lowest BCUT2D eigenvalue weighted by Crippen LogP contribution is -2.41. The van der Waals surface area contributed by atoms with Crippen LogP contribution >= 0.6 is 0 Å². The van der Waals surface area contributed by atoms with Gasteiger partial charge in [0.25, 0.3) is 0 Å². The first-order chi connectivity index (χ1) is 12.3. The molecule has 2 aliphatic rings. The third-order valence-electron chi connectivity index (χ3n) is 4.82. The summed E-state index contributed by atoms with van der Waals surface area (Å²) in [5.41, 5.74) is 9.32. The molecule has 4 rings (SSSR count). The van der Waals surface area contributed by atoms with Crippen LogP contribution < -0.4 is 16.0 Å². The highest BCUT2D eigenvalue weighted by atomic mass is 16.5. The van der Waals surface area contributed by atoms with Gasteiger partial charge in [0, 0.05) is 37.6 Å². The van der Waals surface area contributed by atoms with Gasteiger partial charge in [-0.15, -0.1) is 0 Å². The Hall–Kier alpha value is -2.25. The first-order valence-corrected chi connectivity index (χ1v) is 8.91. The van der Waals surface area contributed by atoms with E-state index in [0.717, 1.165) is 62.5 Å². The van der Waals surface area contributed by atoms with Gasteiger partial charge in [-0.1, -0.05) is 6.07 Å². The molecular formula is C18H24N6O. The summed E-state index contributed by atoms with van der Waals surface area (Å²) in [6.07, 6.45) is 6.94. The predicted molar refractivity (Wildman–Crippen MR) is 96.1 cm³/mol. The normalized spacial score (nSPS) is 20.3. The second kappa shape index (κ2) is 7.33. The van der Waals surface area contributed by atoms with Crippen molar-refractivity contribution in [3.8, 4) is 0 Å². The van der Waals surface area contributed by atoms with E-state index < -0.39 is 0 Å². The van der Waals surface area contributed by atoms with Crippen molar-refractivity contribution in [2.45, 2.75) is 38.5 Å². The zero-order valence-corrected chi connectivity index (χ0v) is 14.3. The first-order valence-electron chi connectivity index (χ1n) is 8.91. The smallest absolute Gasteiger partial charge is 0.222 e. The van der Waals surface area contributed by atoms with Crippen molar-refractivity contribution in [2.24, 2.45) is 0 Å². The molecule has 1 atom stereocenters. The van der Waals surface area contributed by atoms with Crippen molar-refractivity contribution in [1.82, 2.24) is 20.3 Å². The zero-order valence-electron chi connectivity index (χ0n) is 14.3. The minimum atomic E-state index is 0.197. The number of hydrogen-bond acceptors (Lipinski definition) is 7. The Bertz CT molecular complexity index is 723. The van der Waals surface area contributed by atoms with E-state index in [0.29, 0.717) is 12.6 Å². The van der Waals surface area contributed by atoms with Crippen molar-refractivity contribution in [2.75, 3.05) is 30.3 Å². The van der Waals surface area contributed by atoms with Gasteiger partial charge < -0.3 is 20.7 Å². The van der Waals surface area contributed by atoms with Gasteiger partial charge >= 0.3 is 0 Å². The molecule has 0 saturated carbocycles. The van der Waals surface area contributed by atoms with Crippen molar-refractivity contribution in [3.63, 3.8) is 0 Å². The summed E-state index contributed by atoms with van der Waals surface area (Å²) < 4.78 is 6.13. The molecule has 132 valence electrons. The highest BCUT2D eigenvalue weighted by Crippen LogP contribution is 2.28. The topological polar surface area (TPSA) is 89.2 Å². The lowest BCUT2D eigenvalue weighted by molar-refractivity contribution is 0.0312. The van der Waals surface area contributed by atoms with Crippen LogP contribution in [0.1, 0.15) is 29.7 Å². The zero-order chi connectivity index (χ0) is 17.1. The molecule has 4 heterocycles. The number of aromatic nitrogens is 3. The van der Waals surface area contributed by atoms with E-state index in [1.54, 1.807) is 6.20 Å². The number of fused-ring (bicyclic) bond motifs is 1. The second-order valence-corrected chi connectivity index (χ2v) is 6.64. The van der Waals surface area contributed by atoms with Crippen LogP contribution in [0.25, 0.3) is 0 Å². The highest BCUT2D eigenvalue weighted by molar-refractivity contribution is 5.53. The van der Waals surface area contributed by atoms with Gasteiger partial charge in [0.1, 0.15) is 5.82 Å². The monoisotopic (exact) mass is 340 g/mol. The molecule has 25 heavy (non-hydrogen) atoms. The van der Waals surface area contributed by atoms with Crippen molar-refractivity contribution < 1.29 is 4.74 Å². The standard InChI is InChI=1S/C18H24N6O/c19-18-22-16-10-21-7-5-15(16)17(23-18)24-8-2-4-14(11-24)25-12-13-3-1-6-20-9-13/h1,3,6,9,14,21H,2,4-5,7-8,10-12H2,(H2,19,22,23). The second-order valence-electron chi connectivity index (χ2n) is 6.64. The SMILES string of the molecule is Nc1nc2c(c(N3CCCC(OCc4cccnc4)C3)n1)CCNC2. The number of ether oxygens (including phenoxy) is 1. The molecule has 3 N–H and O–H groups in total. The quantitative estimate of drug-likeness (QED) is 0.867. The van der Waals surface area contributed by atoms with Crippen LogP contribution in [0.3, 0.4) is 0 Å². The van der Waals surface area contributed by atoms with Crippen molar-refractivity contribution in [1.29, 1.82) is 0 Å². The molecule has 1 unspecified atom stereocenters. The van der Waals surface area contributed by atoms with Crippen LogP contribution in [0.5, 0.6) is 0 Å². The van der Waals surface area contributed by atoms with Gasteiger partial charge in [-0.3, -0.25) is 4.98 Å². The fourth-order valence-electron chi connectivity index (χ4n) is 3.58. The summed E-state index contributed by atoms with van der Waals surface area (Å²) in [4.78, 5) is 15.4. The van der Waals surface area contributed by atoms with E-state index in [1.165, 1.54) is 5.56 Å². The number of nitrogens with two attached hydrogens (primary N) is 1. The summed E-state index contributed by atoms with van der Waals surface area (Å²) in [7, 11) is 0. The molecule has 0 aliphatic carbocycles. The fourth-order valence-corrected chi connectivity index (χ4v) is 3.58. The average Bonchev–Trinajstić information content (AvgIpc) is 2.67. The van der Waals surface area contributed by atoms with E-state index in [-0.39, 0.29) is 6.10 Å². The van der Waals surface area contributed by atoms with E-state index in [1.807, 2.05) is 18.3 Å². The van der Waals surface area contributed by atoms with Gasteiger partial charge in [0.05, 0.1) is 18.4 Å². The van der Waals surface area contributed by atoms with Crippen molar-refractivity contribution in [3.05, 3.63) is 41.3 Å². The summed E-state index contributed by atoms with van der Waals surface area (Å²) in [6, 6.07) is 3.98. The van der Waals surface area contributed by atoms with E-state index >= 15 is 0 Å². The Morgan fingerprint density at radius 1 is 1.36 bits per heavy atom. The Labute approximate surface area is 147 Å². The molecule has 0 bridgehead atoms. The maximum absolute atomic E-state index is 6.13. The van der Waals surface area contributed by atoms with Crippen LogP contribution in [0.15, 0.2) is 24.5 Å². The molecule has 2 aromatic heterocycles. The van der Waals surface area contributed by atoms with Crippen molar-refractivity contribution >= 4 is 11.8 Å². The number of nitrogens with zero attached hydrogens (tertiary/aromatic N) is 4. The number of nitrogen functional groups attached to an aromatic ring is 1. The highest BCUT2D eigenvalue weighted by Gasteiger charge is 2.26. The Morgan fingerprint density at radius 2 is 2.32 bits per heavy atom. The fraction of sp³-hybridized carbons (Fsp3) is 0.500. The molecule has 0 spiro atoms. The summed E-state index contributed by atoms with van der Waals surface area (Å²) in [5, 5.41) is 3.35. The Balaban J connectivity index is 1.47. The van der Waals surface area contributed by atoms with Gasteiger partial charge in [-0.25, -0.2) is 4.98 Å². The minimum Gasteiger partial charge on any atom is -0.372 e. The number of rotatable bonds is 4.